The quantitative estimate of drug-likeness (QED) is 0.798. The molecule has 1 fully saturated rings. The minimum atomic E-state index is 0.346. The molecule has 3 rings (SSSR count). The van der Waals surface area contributed by atoms with Gasteiger partial charge < -0.3 is 9.64 Å². The molecule has 2 aromatic heterocycles. The number of fused-ring (bicyclic) bond motifs is 1. The number of morpholine rings is 1. The van der Waals surface area contributed by atoms with Gasteiger partial charge in [-0.25, -0.2) is 4.98 Å². The molecule has 0 aromatic carbocycles. The van der Waals surface area contributed by atoms with Crippen molar-refractivity contribution in [3.05, 3.63) is 17.3 Å². The van der Waals surface area contributed by atoms with E-state index in [1.807, 2.05) is 12.1 Å². The van der Waals surface area contributed by atoms with Crippen LogP contribution < -0.4 is 4.90 Å². The Hall–Kier alpha value is -0.910. The summed E-state index contributed by atoms with van der Waals surface area (Å²) in [6, 6.07) is 4.40. The predicted molar refractivity (Wildman–Crippen MR) is 70.1 cm³/mol. The largest absolute Gasteiger partial charge is 0.377 e. The van der Waals surface area contributed by atoms with Gasteiger partial charge in [-0.1, -0.05) is 11.6 Å². The van der Waals surface area contributed by atoms with Crippen molar-refractivity contribution in [3.8, 4) is 0 Å². The normalized spacial score (nSPS) is 21.1. The number of hydrogen-bond donors (Lipinski definition) is 0. The second-order valence-corrected chi connectivity index (χ2v) is 5.27. The van der Waals surface area contributed by atoms with Crippen LogP contribution in [0.3, 0.4) is 0 Å². The van der Waals surface area contributed by atoms with Crippen molar-refractivity contribution in [1.82, 2.24) is 9.36 Å². The van der Waals surface area contributed by atoms with Crippen molar-refractivity contribution < 1.29 is 4.74 Å². The molecule has 0 spiro atoms. The second-order valence-electron chi connectivity index (χ2n) is 4.11. The summed E-state index contributed by atoms with van der Waals surface area (Å²) in [5.41, 5.74) is 0.799. The van der Waals surface area contributed by atoms with Crippen molar-refractivity contribution in [2.75, 3.05) is 24.7 Å². The minimum absolute atomic E-state index is 0.346. The SMILES string of the molecule is CC1COCCN1c1ccc2snc(Cl)c2n1. The first-order valence-electron chi connectivity index (χ1n) is 5.52. The zero-order chi connectivity index (χ0) is 11.8. The summed E-state index contributed by atoms with van der Waals surface area (Å²) in [6.07, 6.45) is 0. The summed E-state index contributed by atoms with van der Waals surface area (Å²) in [5, 5.41) is 0.493. The van der Waals surface area contributed by atoms with E-state index in [-0.39, 0.29) is 0 Å². The molecule has 0 amide bonds. The van der Waals surface area contributed by atoms with E-state index in [1.54, 1.807) is 0 Å². The van der Waals surface area contributed by atoms with Gasteiger partial charge in [0.15, 0.2) is 5.15 Å². The average molecular weight is 270 g/mol. The molecule has 6 heteroatoms. The molecular weight excluding hydrogens is 258 g/mol. The Bertz CT molecular complexity index is 544. The number of pyridine rings is 1. The highest BCUT2D eigenvalue weighted by Gasteiger charge is 2.20. The first kappa shape index (κ1) is 11.2. The molecule has 0 saturated carbocycles. The van der Waals surface area contributed by atoms with E-state index in [2.05, 4.69) is 21.2 Å². The number of rotatable bonds is 1. The Labute approximate surface area is 108 Å². The molecule has 1 aliphatic heterocycles. The predicted octanol–water partition coefficient (Wildman–Crippen LogP) is 2.57. The smallest absolute Gasteiger partial charge is 0.169 e. The second kappa shape index (κ2) is 4.40. The summed E-state index contributed by atoms with van der Waals surface area (Å²) in [6.45, 7) is 4.50. The van der Waals surface area contributed by atoms with Gasteiger partial charge in [-0.05, 0) is 30.6 Å². The zero-order valence-corrected chi connectivity index (χ0v) is 11.0. The third kappa shape index (κ3) is 1.99. The lowest BCUT2D eigenvalue weighted by atomic mass is 10.2. The van der Waals surface area contributed by atoms with Gasteiger partial charge in [0.25, 0.3) is 0 Å². The van der Waals surface area contributed by atoms with Crippen LogP contribution in [0.15, 0.2) is 12.1 Å². The molecule has 0 aliphatic carbocycles. The van der Waals surface area contributed by atoms with Crippen LogP contribution in [0.2, 0.25) is 5.15 Å². The van der Waals surface area contributed by atoms with Crippen LogP contribution in [-0.4, -0.2) is 35.2 Å². The van der Waals surface area contributed by atoms with Crippen LogP contribution in [0.5, 0.6) is 0 Å². The monoisotopic (exact) mass is 269 g/mol. The van der Waals surface area contributed by atoms with Gasteiger partial charge in [0.2, 0.25) is 0 Å². The van der Waals surface area contributed by atoms with Crippen molar-refractivity contribution in [2.45, 2.75) is 13.0 Å². The van der Waals surface area contributed by atoms with E-state index in [9.17, 15) is 0 Å². The lowest BCUT2D eigenvalue weighted by Gasteiger charge is -2.34. The lowest BCUT2D eigenvalue weighted by Crippen LogP contribution is -2.44. The minimum Gasteiger partial charge on any atom is -0.377 e. The van der Waals surface area contributed by atoms with E-state index >= 15 is 0 Å². The maximum Gasteiger partial charge on any atom is 0.169 e. The molecule has 90 valence electrons. The number of hydrogen-bond acceptors (Lipinski definition) is 5. The van der Waals surface area contributed by atoms with E-state index < -0.39 is 0 Å². The standard InChI is InChI=1S/C11H12ClN3OS/c1-7-6-16-5-4-15(7)9-3-2-8-10(13-9)11(12)14-17-8/h2-3,7H,4-6H2,1H3. The summed E-state index contributed by atoms with van der Waals surface area (Å²) in [7, 11) is 0. The molecule has 1 saturated heterocycles. The zero-order valence-electron chi connectivity index (χ0n) is 9.39. The van der Waals surface area contributed by atoms with Gasteiger partial charge in [0.05, 0.1) is 24.0 Å². The highest BCUT2D eigenvalue weighted by Crippen LogP contribution is 2.28. The van der Waals surface area contributed by atoms with Crippen molar-refractivity contribution in [3.63, 3.8) is 0 Å². The summed E-state index contributed by atoms with van der Waals surface area (Å²) >= 11 is 7.40. The number of anilines is 1. The fourth-order valence-electron chi connectivity index (χ4n) is 2.02. The molecule has 1 unspecified atom stereocenters. The number of halogens is 1. The van der Waals surface area contributed by atoms with Gasteiger partial charge in [-0.3, -0.25) is 0 Å². The average Bonchev–Trinajstić information content (AvgIpc) is 2.71. The first-order valence-corrected chi connectivity index (χ1v) is 6.67. The molecule has 17 heavy (non-hydrogen) atoms. The van der Waals surface area contributed by atoms with Gasteiger partial charge in [-0.15, -0.1) is 0 Å². The van der Waals surface area contributed by atoms with Crippen molar-refractivity contribution >= 4 is 39.2 Å². The van der Waals surface area contributed by atoms with Gasteiger partial charge >= 0.3 is 0 Å². The van der Waals surface area contributed by atoms with Gasteiger partial charge in [0, 0.05) is 6.54 Å². The molecule has 1 atom stereocenters. The summed E-state index contributed by atoms with van der Waals surface area (Å²) in [5.74, 6) is 0.954. The molecule has 0 N–H and O–H groups in total. The third-order valence-electron chi connectivity index (χ3n) is 2.92. The Kier molecular flexibility index (Phi) is 2.90. The number of aromatic nitrogens is 2. The Morgan fingerprint density at radius 2 is 2.41 bits per heavy atom. The van der Waals surface area contributed by atoms with Crippen LogP contribution in [0.25, 0.3) is 10.2 Å². The Morgan fingerprint density at radius 1 is 1.53 bits per heavy atom. The van der Waals surface area contributed by atoms with Gasteiger partial charge in [0.1, 0.15) is 11.3 Å². The van der Waals surface area contributed by atoms with Crippen molar-refractivity contribution in [1.29, 1.82) is 0 Å². The van der Waals surface area contributed by atoms with Crippen LogP contribution in [-0.2, 0) is 4.74 Å². The van der Waals surface area contributed by atoms with E-state index in [0.29, 0.717) is 11.2 Å². The maximum atomic E-state index is 6.01. The first-order chi connectivity index (χ1) is 8.25. The van der Waals surface area contributed by atoms with Crippen molar-refractivity contribution in [2.24, 2.45) is 0 Å². The molecule has 2 aromatic rings. The summed E-state index contributed by atoms with van der Waals surface area (Å²) < 4.78 is 10.6. The van der Waals surface area contributed by atoms with Crippen LogP contribution in [0.1, 0.15) is 6.92 Å². The number of ether oxygens (including phenoxy) is 1. The Balaban J connectivity index is 2.01. The van der Waals surface area contributed by atoms with Crippen LogP contribution in [0.4, 0.5) is 5.82 Å². The van der Waals surface area contributed by atoms with Gasteiger partial charge in [-0.2, -0.15) is 4.37 Å². The van der Waals surface area contributed by atoms with E-state index in [4.69, 9.17) is 16.3 Å². The lowest BCUT2D eigenvalue weighted by molar-refractivity contribution is 0.0986. The fraction of sp³-hybridized carbons (Fsp3) is 0.455. The molecule has 3 heterocycles. The molecule has 4 nitrogen and oxygen atoms in total. The maximum absolute atomic E-state index is 6.01. The highest BCUT2D eigenvalue weighted by atomic mass is 35.5. The van der Waals surface area contributed by atoms with Crippen LogP contribution >= 0.6 is 23.1 Å². The summed E-state index contributed by atoms with van der Waals surface area (Å²) in [4.78, 5) is 6.84. The topological polar surface area (TPSA) is 38.2 Å². The fourth-order valence-corrected chi connectivity index (χ4v) is 2.94. The molecule has 0 radical (unpaired) electrons. The third-order valence-corrected chi connectivity index (χ3v) is 4.09. The van der Waals surface area contributed by atoms with Crippen LogP contribution in [0, 0.1) is 0 Å². The molecular formula is C11H12ClN3OS. The molecule has 1 aliphatic rings. The number of nitrogens with zero attached hydrogens (tertiary/aromatic N) is 3. The highest BCUT2D eigenvalue weighted by molar-refractivity contribution is 7.13. The molecule has 0 bridgehead atoms. The Morgan fingerprint density at radius 3 is 3.24 bits per heavy atom. The van der Waals surface area contributed by atoms with E-state index in [1.165, 1.54) is 11.5 Å². The van der Waals surface area contributed by atoms with E-state index in [0.717, 1.165) is 35.8 Å².